The first-order valence-electron chi connectivity index (χ1n) is 12.2. The van der Waals surface area contributed by atoms with Crippen LogP contribution in [0, 0.1) is 5.82 Å². The predicted molar refractivity (Wildman–Crippen MR) is 140 cm³/mol. The standard InChI is InChI=1S/C28H31FN6O/c1-33(2)28(36)20-6-4-18(5-7-20)19-11-14-35(15-12-19)17-24-26(29)25-22(10-13-31-27(25)34(24)3)23-9-8-21(30)16-32-23/h4-10,13,16,19H,11-12,14-15,17,30H2,1-3H3. The monoisotopic (exact) mass is 486 g/mol. The Bertz CT molecular complexity index is 1390. The highest BCUT2D eigenvalue weighted by molar-refractivity contribution is 5.94. The number of nitrogens with zero attached hydrogens (tertiary/aromatic N) is 5. The maximum Gasteiger partial charge on any atom is 0.253 e. The lowest BCUT2D eigenvalue weighted by Gasteiger charge is -2.32. The van der Waals surface area contributed by atoms with Gasteiger partial charge < -0.3 is 15.2 Å². The van der Waals surface area contributed by atoms with E-state index in [0.29, 0.717) is 51.7 Å². The second-order valence-corrected chi connectivity index (χ2v) is 9.73. The van der Waals surface area contributed by atoms with E-state index in [0.717, 1.165) is 25.9 Å². The molecule has 0 aliphatic carbocycles. The number of benzene rings is 1. The minimum Gasteiger partial charge on any atom is -0.397 e. The zero-order valence-electron chi connectivity index (χ0n) is 20.9. The summed E-state index contributed by atoms with van der Waals surface area (Å²) in [4.78, 5) is 24.9. The van der Waals surface area contributed by atoms with Gasteiger partial charge >= 0.3 is 0 Å². The molecule has 2 N–H and O–H groups in total. The van der Waals surface area contributed by atoms with Crippen molar-refractivity contribution in [3.8, 4) is 11.3 Å². The van der Waals surface area contributed by atoms with E-state index in [4.69, 9.17) is 5.73 Å². The number of carbonyl (C=O) groups excluding carboxylic acids is 1. The largest absolute Gasteiger partial charge is 0.397 e. The molecular formula is C28H31FN6O. The maximum atomic E-state index is 15.8. The van der Waals surface area contributed by atoms with Gasteiger partial charge in [0, 0.05) is 45.0 Å². The lowest BCUT2D eigenvalue weighted by atomic mass is 9.89. The molecule has 186 valence electrons. The molecule has 1 fully saturated rings. The zero-order chi connectivity index (χ0) is 25.4. The fourth-order valence-corrected chi connectivity index (χ4v) is 5.09. The number of piperidine rings is 1. The summed E-state index contributed by atoms with van der Waals surface area (Å²) in [6, 6.07) is 13.3. The molecule has 1 aliphatic heterocycles. The molecule has 1 amide bonds. The van der Waals surface area contributed by atoms with Gasteiger partial charge in [0.15, 0.2) is 5.82 Å². The average molecular weight is 487 g/mol. The Kier molecular flexibility index (Phi) is 6.45. The van der Waals surface area contributed by atoms with Crippen molar-refractivity contribution >= 4 is 22.6 Å². The van der Waals surface area contributed by atoms with Crippen molar-refractivity contribution in [3.63, 3.8) is 0 Å². The van der Waals surface area contributed by atoms with Crippen molar-refractivity contribution in [1.29, 1.82) is 0 Å². The molecule has 0 unspecified atom stereocenters. The molecule has 0 spiro atoms. The van der Waals surface area contributed by atoms with E-state index >= 15 is 4.39 Å². The number of hydrogen-bond donors (Lipinski definition) is 1. The Hall–Kier alpha value is -3.78. The first kappa shape index (κ1) is 23.9. The summed E-state index contributed by atoms with van der Waals surface area (Å²) >= 11 is 0. The normalized spacial score (nSPS) is 14.9. The van der Waals surface area contributed by atoms with Gasteiger partial charge in [0.05, 0.1) is 28.7 Å². The quantitative estimate of drug-likeness (QED) is 0.451. The lowest BCUT2D eigenvalue weighted by molar-refractivity contribution is 0.0827. The molecule has 0 saturated carbocycles. The zero-order valence-corrected chi connectivity index (χ0v) is 20.9. The number of pyridine rings is 2. The number of amides is 1. The number of aryl methyl sites for hydroxylation is 1. The smallest absolute Gasteiger partial charge is 0.253 e. The number of likely N-dealkylation sites (tertiary alicyclic amines) is 1. The van der Waals surface area contributed by atoms with E-state index in [-0.39, 0.29) is 11.7 Å². The third kappa shape index (κ3) is 4.44. The van der Waals surface area contributed by atoms with Crippen molar-refractivity contribution in [2.24, 2.45) is 7.05 Å². The number of nitrogen functional groups attached to an aromatic ring is 1. The SMILES string of the molecule is CN(C)C(=O)c1ccc(C2CCN(Cc3c(F)c4c(-c5ccc(N)cn5)ccnc4n3C)CC2)cc1. The minimum atomic E-state index is -0.238. The van der Waals surface area contributed by atoms with Crippen LogP contribution in [0.15, 0.2) is 54.9 Å². The summed E-state index contributed by atoms with van der Waals surface area (Å²) in [6.07, 6.45) is 5.26. The number of nitrogens with two attached hydrogens (primary N) is 1. The van der Waals surface area contributed by atoms with Crippen LogP contribution in [0.2, 0.25) is 0 Å². The van der Waals surface area contributed by atoms with Gasteiger partial charge in [0.2, 0.25) is 0 Å². The van der Waals surface area contributed by atoms with Crippen molar-refractivity contribution in [1.82, 2.24) is 24.3 Å². The first-order chi connectivity index (χ1) is 17.3. The molecule has 0 bridgehead atoms. The van der Waals surface area contributed by atoms with Gasteiger partial charge in [-0.05, 0) is 67.7 Å². The minimum absolute atomic E-state index is 0.0122. The van der Waals surface area contributed by atoms with Gasteiger partial charge in [-0.3, -0.25) is 14.7 Å². The van der Waals surface area contributed by atoms with E-state index in [1.807, 2.05) is 29.8 Å². The van der Waals surface area contributed by atoms with Crippen LogP contribution in [0.4, 0.5) is 10.1 Å². The highest BCUT2D eigenvalue weighted by Gasteiger charge is 2.25. The Morgan fingerprint density at radius 2 is 1.81 bits per heavy atom. The van der Waals surface area contributed by atoms with Crippen molar-refractivity contribution in [3.05, 3.63) is 77.5 Å². The third-order valence-electron chi connectivity index (χ3n) is 7.18. The topological polar surface area (TPSA) is 80.3 Å². The molecule has 1 aliphatic rings. The molecule has 0 radical (unpaired) electrons. The average Bonchev–Trinajstić information content (AvgIpc) is 3.14. The molecule has 0 atom stereocenters. The number of hydrogen-bond acceptors (Lipinski definition) is 5. The Morgan fingerprint density at radius 1 is 1.08 bits per heavy atom. The molecule has 36 heavy (non-hydrogen) atoms. The number of anilines is 1. The van der Waals surface area contributed by atoms with Gasteiger partial charge in [-0.25, -0.2) is 9.37 Å². The fourth-order valence-electron chi connectivity index (χ4n) is 5.09. The number of halogens is 1. The summed E-state index contributed by atoms with van der Waals surface area (Å²) in [6.45, 7) is 2.28. The molecule has 4 aromatic rings. The summed E-state index contributed by atoms with van der Waals surface area (Å²) in [5.41, 5.74) is 10.9. The van der Waals surface area contributed by atoms with Crippen LogP contribution in [0.3, 0.4) is 0 Å². The summed E-state index contributed by atoms with van der Waals surface area (Å²) in [5.74, 6) is 0.211. The Labute approximate surface area is 210 Å². The van der Waals surface area contributed by atoms with Crippen LogP contribution in [0.5, 0.6) is 0 Å². The van der Waals surface area contributed by atoms with Crippen LogP contribution < -0.4 is 5.73 Å². The van der Waals surface area contributed by atoms with E-state index in [2.05, 4.69) is 27.0 Å². The molecule has 5 rings (SSSR count). The summed E-state index contributed by atoms with van der Waals surface area (Å²) < 4.78 is 17.7. The molecule has 4 heterocycles. The van der Waals surface area contributed by atoms with Crippen LogP contribution in [-0.4, -0.2) is 57.4 Å². The molecular weight excluding hydrogens is 455 g/mol. The molecule has 1 saturated heterocycles. The van der Waals surface area contributed by atoms with Crippen molar-refractivity contribution in [2.75, 3.05) is 32.9 Å². The second-order valence-electron chi connectivity index (χ2n) is 9.73. The Morgan fingerprint density at radius 3 is 2.44 bits per heavy atom. The number of aromatic nitrogens is 3. The first-order valence-corrected chi connectivity index (χ1v) is 12.2. The van der Waals surface area contributed by atoms with Crippen LogP contribution in [-0.2, 0) is 13.6 Å². The number of carbonyl (C=O) groups is 1. The van der Waals surface area contributed by atoms with E-state index < -0.39 is 0 Å². The van der Waals surface area contributed by atoms with E-state index in [9.17, 15) is 4.79 Å². The highest BCUT2D eigenvalue weighted by atomic mass is 19.1. The number of rotatable bonds is 5. The van der Waals surface area contributed by atoms with Gasteiger partial charge in [0.1, 0.15) is 5.65 Å². The van der Waals surface area contributed by atoms with E-state index in [1.165, 1.54) is 5.56 Å². The van der Waals surface area contributed by atoms with Gasteiger partial charge in [0.25, 0.3) is 5.91 Å². The van der Waals surface area contributed by atoms with Crippen molar-refractivity contribution < 1.29 is 9.18 Å². The van der Waals surface area contributed by atoms with E-state index in [1.54, 1.807) is 43.5 Å². The highest BCUT2D eigenvalue weighted by Crippen LogP contribution is 2.34. The summed E-state index contributed by atoms with van der Waals surface area (Å²) in [7, 11) is 5.39. The van der Waals surface area contributed by atoms with Crippen LogP contribution >= 0.6 is 0 Å². The molecule has 7 nitrogen and oxygen atoms in total. The van der Waals surface area contributed by atoms with Gasteiger partial charge in [-0.15, -0.1) is 0 Å². The molecule has 3 aromatic heterocycles. The summed E-state index contributed by atoms with van der Waals surface area (Å²) in [5, 5.41) is 0.495. The third-order valence-corrected chi connectivity index (χ3v) is 7.18. The number of fused-ring (bicyclic) bond motifs is 1. The lowest BCUT2D eigenvalue weighted by Crippen LogP contribution is -2.33. The molecule has 8 heteroatoms. The second kappa shape index (κ2) is 9.70. The Balaban J connectivity index is 1.32. The van der Waals surface area contributed by atoms with Crippen LogP contribution in [0.25, 0.3) is 22.3 Å². The van der Waals surface area contributed by atoms with Gasteiger partial charge in [-0.1, -0.05) is 12.1 Å². The predicted octanol–water partition coefficient (Wildman–Crippen LogP) is 4.44. The fraction of sp³-hybridized carbons (Fsp3) is 0.321. The van der Waals surface area contributed by atoms with Crippen molar-refractivity contribution in [2.45, 2.75) is 25.3 Å². The van der Waals surface area contributed by atoms with Gasteiger partial charge in [-0.2, -0.15) is 0 Å². The van der Waals surface area contributed by atoms with Crippen LogP contribution in [0.1, 0.15) is 40.4 Å². The molecule has 1 aromatic carbocycles. The maximum absolute atomic E-state index is 15.8.